The third kappa shape index (κ3) is 2.96. The zero-order chi connectivity index (χ0) is 14.7. The molecule has 0 aliphatic carbocycles. The molecule has 2 unspecified atom stereocenters. The summed E-state index contributed by atoms with van der Waals surface area (Å²) < 4.78 is 1.84. The van der Waals surface area contributed by atoms with Crippen LogP contribution in [0.4, 0.5) is 0 Å². The number of benzene rings is 1. The number of piperidine rings is 1. The second-order valence-electron chi connectivity index (χ2n) is 5.58. The van der Waals surface area contributed by atoms with Crippen molar-refractivity contribution < 1.29 is 0 Å². The number of hydrogen-bond donors (Lipinski definition) is 1. The van der Waals surface area contributed by atoms with Gasteiger partial charge in [0.15, 0.2) is 5.82 Å². The van der Waals surface area contributed by atoms with Crippen molar-refractivity contribution in [2.24, 2.45) is 0 Å². The maximum atomic E-state index is 4.26. The standard InChI is InChI=1S/C15H22N6/c1-12(20-10-6-7-13(11-20)16-2)15-17-18-19-21(15)14-8-4-3-5-9-14/h3-5,8-9,12-13,16H,6-7,10-11H2,1-2H3. The lowest BCUT2D eigenvalue weighted by molar-refractivity contribution is 0.142. The highest BCUT2D eigenvalue weighted by Gasteiger charge is 2.27. The topological polar surface area (TPSA) is 58.9 Å². The van der Waals surface area contributed by atoms with Gasteiger partial charge in [0.1, 0.15) is 0 Å². The van der Waals surface area contributed by atoms with Crippen molar-refractivity contribution >= 4 is 0 Å². The molecule has 1 fully saturated rings. The highest BCUT2D eigenvalue weighted by Crippen LogP contribution is 2.23. The second-order valence-corrected chi connectivity index (χ2v) is 5.58. The summed E-state index contributed by atoms with van der Waals surface area (Å²) in [5, 5.41) is 15.7. The molecule has 6 nitrogen and oxygen atoms in total. The van der Waals surface area contributed by atoms with Crippen LogP contribution in [0.15, 0.2) is 30.3 Å². The highest BCUT2D eigenvalue weighted by molar-refractivity contribution is 5.30. The molecule has 112 valence electrons. The summed E-state index contributed by atoms with van der Waals surface area (Å²) in [5.74, 6) is 0.901. The van der Waals surface area contributed by atoms with E-state index in [2.05, 4.69) is 32.7 Å². The second kappa shape index (κ2) is 6.32. The lowest BCUT2D eigenvalue weighted by atomic mass is 10.0. The number of para-hydroxylation sites is 1. The molecule has 6 heteroatoms. The predicted molar refractivity (Wildman–Crippen MR) is 81.2 cm³/mol. The highest BCUT2D eigenvalue weighted by atomic mass is 15.6. The van der Waals surface area contributed by atoms with E-state index in [9.17, 15) is 0 Å². The largest absolute Gasteiger partial charge is 0.316 e. The summed E-state index contributed by atoms with van der Waals surface area (Å²) in [4.78, 5) is 2.45. The fourth-order valence-electron chi connectivity index (χ4n) is 2.96. The van der Waals surface area contributed by atoms with Gasteiger partial charge in [-0.1, -0.05) is 18.2 Å². The molecule has 3 rings (SSSR count). The molecule has 2 heterocycles. The lowest BCUT2D eigenvalue weighted by Crippen LogP contribution is -2.45. The molecule has 1 aromatic heterocycles. The Balaban J connectivity index is 1.82. The van der Waals surface area contributed by atoms with Crippen molar-refractivity contribution in [1.29, 1.82) is 0 Å². The fraction of sp³-hybridized carbons (Fsp3) is 0.533. The first kappa shape index (κ1) is 14.2. The zero-order valence-corrected chi connectivity index (χ0v) is 12.6. The minimum Gasteiger partial charge on any atom is -0.316 e. The molecule has 0 saturated carbocycles. The van der Waals surface area contributed by atoms with E-state index in [0.29, 0.717) is 6.04 Å². The fourth-order valence-corrected chi connectivity index (χ4v) is 2.96. The first-order valence-electron chi connectivity index (χ1n) is 7.54. The van der Waals surface area contributed by atoms with E-state index in [-0.39, 0.29) is 6.04 Å². The zero-order valence-electron chi connectivity index (χ0n) is 12.6. The number of hydrogen-bond acceptors (Lipinski definition) is 5. The minimum atomic E-state index is 0.205. The van der Waals surface area contributed by atoms with Crippen molar-refractivity contribution in [2.45, 2.75) is 31.8 Å². The number of rotatable bonds is 4. The molecule has 0 spiro atoms. The molecule has 21 heavy (non-hydrogen) atoms. The van der Waals surface area contributed by atoms with E-state index < -0.39 is 0 Å². The van der Waals surface area contributed by atoms with E-state index >= 15 is 0 Å². The van der Waals surface area contributed by atoms with Gasteiger partial charge < -0.3 is 5.32 Å². The molecular weight excluding hydrogens is 264 g/mol. The Kier molecular flexibility index (Phi) is 4.26. The van der Waals surface area contributed by atoms with Gasteiger partial charge in [-0.2, -0.15) is 4.68 Å². The number of likely N-dealkylation sites (N-methyl/N-ethyl adjacent to an activating group) is 1. The number of likely N-dealkylation sites (tertiary alicyclic amines) is 1. The number of tetrazole rings is 1. The minimum absolute atomic E-state index is 0.205. The van der Waals surface area contributed by atoms with Gasteiger partial charge >= 0.3 is 0 Å². The van der Waals surface area contributed by atoms with Crippen LogP contribution in [-0.4, -0.2) is 51.3 Å². The number of aromatic nitrogens is 4. The SMILES string of the molecule is CNC1CCCN(C(C)c2nnnn2-c2ccccc2)C1. The Bertz CT molecular complexity index is 567. The Morgan fingerprint density at radius 3 is 2.86 bits per heavy atom. The third-order valence-electron chi connectivity index (χ3n) is 4.28. The number of nitrogens with one attached hydrogen (secondary N) is 1. The average Bonchev–Trinajstić information content (AvgIpc) is 3.04. The van der Waals surface area contributed by atoms with Crippen LogP contribution in [0.25, 0.3) is 5.69 Å². The maximum absolute atomic E-state index is 4.26. The van der Waals surface area contributed by atoms with Crippen molar-refractivity contribution in [3.05, 3.63) is 36.2 Å². The Morgan fingerprint density at radius 1 is 1.29 bits per heavy atom. The van der Waals surface area contributed by atoms with Gasteiger partial charge in [0.2, 0.25) is 0 Å². The Labute approximate surface area is 125 Å². The van der Waals surface area contributed by atoms with Crippen LogP contribution in [0.2, 0.25) is 0 Å². The molecule has 1 aliphatic rings. The predicted octanol–water partition coefficient (Wildman–Crippen LogP) is 1.41. The summed E-state index contributed by atoms with van der Waals surface area (Å²) >= 11 is 0. The molecule has 2 atom stereocenters. The van der Waals surface area contributed by atoms with Crippen LogP contribution < -0.4 is 5.32 Å². The van der Waals surface area contributed by atoms with Gasteiger partial charge in [-0.3, -0.25) is 4.90 Å². The van der Waals surface area contributed by atoms with Gasteiger partial charge in [-0.05, 0) is 55.9 Å². The molecule has 0 amide bonds. The molecule has 1 aliphatic heterocycles. The summed E-state index contributed by atoms with van der Waals surface area (Å²) in [6.45, 7) is 4.32. The Hall–Kier alpha value is -1.79. The van der Waals surface area contributed by atoms with Crippen LogP contribution in [0.3, 0.4) is 0 Å². The lowest BCUT2D eigenvalue weighted by Gasteiger charge is -2.36. The van der Waals surface area contributed by atoms with Crippen LogP contribution in [-0.2, 0) is 0 Å². The molecule has 0 bridgehead atoms. The van der Waals surface area contributed by atoms with Gasteiger partial charge in [0.25, 0.3) is 0 Å². The smallest absolute Gasteiger partial charge is 0.173 e. The van der Waals surface area contributed by atoms with Gasteiger partial charge in [0, 0.05) is 12.6 Å². The quantitative estimate of drug-likeness (QED) is 0.921. The van der Waals surface area contributed by atoms with E-state index in [1.165, 1.54) is 12.8 Å². The van der Waals surface area contributed by atoms with Crippen molar-refractivity contribution in [3.63, 3.8) is 0 Å². The summed E-state index contributed by atoms with van der Waals surface area (Å²) in [7, 11) is 2.03. The van der Waals surface area contributed by atoms with Crippen LogP contribution in [0.5, 0.6) is 0 Å². The molecule has 1 saturated heterocycles. The third-order valence-corrected chi connectivity index (χ3v) is 4.28. The van der Waals surface area contributed by atoms with E-state index in [0.717, 1.165) is 24.6 Å². The van der Waals surface area contributed by atoms with Crippen molar-refractivity contribution in [2.75, 3.05) is 20.1 Å². The van der Waals surface area contributed by atoms with Crippen LogP contribution >= 0.6 is 0 Å². The molecule has 0 radical (unpaired) electrons. The summed E-state index contributed by atoms with van der Waals surface area (Å²) in [6, 6.07) is 10.8. The van der Waals surface area contributed by atoms with Gasteiger partial charge in [-0.25, -0.2) is 0 Å². The molecule has 1 aromatic carbocycles. The first-order valence-corrected chi connectivity index (χ1v) is 7.54. The molecule has 1 N–H and O–H groups in total. The number of nitrogens with zero attached hydrogens (tertiary/aromatic N) is 5. The van der Waals surface area contributed by atoms with E-state index in [1.807, 2.05) is 42.1 Å². The van der Waals surface area contributed by atoms with Crippen molar-refractivity contribution in [3.8, 4) is 5.69 Å². The maximum Gasteiger partial charge on any atom is 0.173 e. The normalized spacial score (nSPS) is 21.3. The monoisotopic (exact) mass is 286 g/mol. The average molecular weight is 286 g/mol. The van der Waals surface area contributed by atoms with Gasteiger partial charge in [-0.15, -0.1) is 5.10 Å². The van der Waals surface area contributed by atoms with Crippen molar-refractivity contribution in [1.82, 2.24) is 30.4 Å². The first-order chi connectivity index (χ1) is 10.3. The summed E-state index contributed by atoms with van der Waals surface area (Å²) in [5.41, 5.74) is 1.01. The van der Waals surface area contributed by atoms with Crippen LogP contribution in [0.1, 0.15) is 31.6 Å². The molecule has 2 aromatic rings. The summed E-state index contributed by atoms with van der Waals surface area (Å²) in [6.07, 6.45) is 2.45. The van der Waals surface area contributed by atoms with E-state index in [1.54, 1.807) is 0 Å². The van der Waals surface area contributed by atoms with Gasteiger partial charge in [0.05, 0.1) is 11.7 Å². The van der Waals surface area contributed by atoms with E-state index in [4.69, 9.17) is 0 Å². The van der Waals surface area contributed by atoms with Crippen LogP contribution in [0, 0.1) is 0 Å². The molecular formula is C15H22N6. The Morgan fingerprint density at radius 2 is 2.10 bits per heavy atom.